The van der Waals surface area contributed by atoms with Crippen LogP contribution in [-0.4, -0.2) is 51.2 Å². The molecule has 0 aliphatic carbocycles. The number of ether oxygens (including phenoxy) is 1. The summed E-state index contributed by atoms with van der Waals surface area (Å²) in [5.74, 6) is 1.41. The van der Waals surface area contributed by atoms with Crippen molar-refractivity contribution in [1.82, 2.24) is 15.5 Å². The summed E-state index contributed by atoms with van der Waals surface area (Å²) in [5.41, 5.74) is 0.915. The highest BCUT2D eigenvalue weighted by molar-refractivity contribution is 14.0. The Morgan fingerprint density at radius 3 is 2.43 bits per heavy atom. The predicted octanol–water partition coefficient (Wildman–Crippen LogP) is 4.12. The number of nitrogens with one attached hydrogen (secondary N) is 2. The Bertz CT molecular complexity index is 749. The molecule has 30 heavy (non-hydrogen) atoms. The first-order chi connectivity index (χ1) is 14.2. The second kappa shape index (κ2) is 12.9. The van der Waals surface area contributed by atoms with E-state index in [9.17, 15) is 4.39 Å². The summed E-state index contributed by atoms with van der Waals surface area (Å²) >= 11 is 0. The monoisotopic (exact) mass is 530 g/mol. The van der Waals surface area contributed by atoms with Gasteiger partial charge in [-0.3, -0.25) is 9.89 Å². The Morgan fingerprint density at radius 1 is 1.13 bits per heavy atom. The van der Waals surface area contributed by atoms with Crippen molar-refractivity contribution in [3.63, 3.8) is 0 Å². The summed E-state index contributed by atoms with van der Waals surface area (Å²) in [7, 11) is 3.40. The molecule has 0 amide bonds. The summed E-state index contributed by atoms with van der Waals surface area (Å²) in [6.45, 7) is 3.38. The number of rotatable bonds is 8. The Kier molecular flexibility index (Phi) is 10.6. The highest BCUT2D eigenvalue weighted by Gasteiger charge is 2.24. The van der Waals surface area contributed by atoms with Gasteiger partial charge in [-0.15, -0.1) is 24.0 Å². The van der Waals surface area contributed by atoms with Crippen LogP contribution in [0.3, 0.4) is 0 Å². The van der Waals surface area contributed by atoms with E-state index in [0.29, 0.717) is 19.0 Å². The second-order valence-corrected chi connectivity index (χ2v) is 7.24. The van der Waals surface area contributed by atoms with E-state index in [0.717, 1.165) is 24.4 Å². The van der Waals surface area contributed by atoms with Gasteiger partial charge in [0.2, 0.25) is 0 Å². The minimum Gasteiger partial charge on any atom is -0.468 e. The Balaban J connectivity index is 0.00000320. The van der Waals surface area contributed by atoms with Crippen molar-refractivity contribution in [2.75, 3.05) is 40.3 Å². The van der Waals surface area contributed by atoms with Gasteiger partial charge in [0.15, 0.2) is 5.96 Å². The Hall–Kier alpha value is -1.65. The van der Waals surface area contributed by atoms with Crippen molar-refractivity contribution in [2.45, 2.75) is 31.4 Å². The maximum Gasteiger partial charge on any atom is 0.191 e. The molecule has 1 aliphatic rings. The molecule has 2 unspecified atom stereocenters. The number of aliphatic imine (C=N–C) groups is 1. The molecule has 1 aromatic carbocycles. The van der Waals surface area contributed by atoms with E-state index >= 15 is 0 Å². The Labute approximate surface area is 195 Å². The number of likely N-dealkylation sites (tertiary alicyclic amines) is 1. The number of furan rings is 1. The fourth-order valence-corrected chi connectivity index (χ4v) is 3.74. The first kappa shape index (κ1) is 24.6. The largest absolute Gasteiger partial charge is 0.468 e. The van der Waals surface area contributed by atoms with E-state index in [1.807, 2.05) is 12.1 Å². The molecule has 1 aromatic heterocycles. The molecule has 0 saturated carbocycles. The van der Waals surface area contributed by atoms with E-state index < -0.39 is 0 Å². The number of methoxy groups -OCH3 is 1. The molecular formula is C22H32FIN4O2. The van der Waals surface area contributed by atoms with Crippen LogP contribution in [0, 0.1) is 5.82 Å². The zero-order chi connectivity index (χ0) is 20.5. The number of guanidine groups is 1. The van der Waals surface area contributed by atoms with Gasteiger partial charge in [0, 0.05) is 27.2 Å². The van der Waals surface area contributed by atoms with Crippen molar-refractivity contribution in [1.29, 1.82) is 0 Å². The lowest BCUT2D eigenvalue weighted by Crippen LogP contribution is -2.45. The van der Waals surface area contributed by atoms with Crippen LogP contribution in [0.25, 0.3) is 0 Å². The predicted molar refractivity (Wildman–Crippen MR) is 128 cm³/mol. The van der Waals surface area contributed by atoms with Gasteiger partial charge in [0.1, 0.15) is 11.6 Å². The van der Waals surface area contributed by atoms with E-state index in [1.165, 1.54) is 31.4 Å². The average Bonchev–Trinajstić information content (AvgIpc) is 3.29. The lowest BCUT2D eigenvalue weighted by molar-refractivity contribution is 0.106. The van der Waals surface area contributed by atoms with Crippen molar-refractivity contribution in [3.8, 4) is 0 Å². The van der Waals surface area contributed by atoms with Crippen LogP contribution in [0.5, 0.6) is 0 Å². The van der Waals surface area contributed by atoms with Crippen molar-refractivity contribution < 1.29 is 13.5 Å². The summed E-state index contributed by atoms with van der Waals surface area (Å²) in [5, 5.41) is 6.72. The van der Waals surface area contributed by atoms with Gasteiger partial charge in [-0.2, -0.15) is 0 Å². The van der Waals surface area contributed by atoms with Gasteiger partial charge in [-0.05, 0) is 55.8 Å². The standard InChI is InChI=1S/C22H31FN4O2.HI/c1-24-22(26-16-21(28-2)17-8-10-18(23)11-9-17)25-15-19(20-7-6-14-29-20)27-12-4-3-5-13-27;/h6-11,14,19,21H,3-5,12-13,15-16H2,1-2H3,(H2,24,25,26);1H. The molecule has 1 saturated heterocycles. The number of benzene rings is 1. The number of hydrogen-bond donors (Lipinski definition) is 2. The summed E-state index contributed by atoms with van der Waals surface area (Å²) < 4.78 is 24.4. The summed E-state index contributed by atoms with van der Waals surface area (Å²) in [6, 6.07) is 10.5. The fraction of sp³-hybridized carbons (Fsp3) is 0.500. The first-order valence-electron chi connectivity index (χ1n) is 10.2. The summed E-state index contributed by atoms with van der Waals surface area (Å²) in [4.78, 5) is 6.80. The van der Waals surface area contributed by atoms with E-state index in [-0.39, 0.29) is 41.9 Å². The van der Waals surface area contributed by atoms with Crippen molar-refractivity contribution in [3.05, 3.63) is 59.8 Å². The summed E-state index contributed by atoms with van der Waals surface area (Å²) in [6.07, 6.45) is 5.26. The minimum atomic E-state index is -0.254. The van der Waals surface area contributed by atoms with Gasteiger partial charge in [-0.1, -0.05) is 18.6 Å². The van der Waals surface area contributed by atoms with E-state index in [4.69, 9.17) is 9.15 Å². The average molecular weight is 530 g/mol. The third-order valence-corrected chi connectivity index (χ3v) is 5.37. The molecule has 1 fully saturated rings. The normalized spacial score (nSPS) is 17.1. The van der Waals surface area contributed by atoms with Crippen LogP contribution in [-0.2, 0) is 4.74 Å². The van der Waals surface area contributed by atoms with Gasteiger partial charge < -0.3 is 19.8 Å². The highest BCUT2D eigenvalue weighted by Crippen LogP contribution is 2.24. The second-order valence-electron chi connectivity index (χ2n) is 7.24. The van der Waals surface area contributed by atoms with Crippen molar-refractivity contribution >= 4 is 29.9 Å². The van der Waals surface area contributed by atoms with Gasteiger partial charge >= 0.3 is 0 Å². The van der Waals surface area contributed by atoms with E-state index in [2.05, 4.69) is 20.5 Å². The molecule has 3 rings (SSSR count). The van der Waals surface area contributed by atoms with E-state index in [1.54, 1.807) is 32.6 Å². The van der Waals surface area contributed by atoms with Crippen LogP contribution in [0.1, 0.15) is 42.7 Å². The quantitative estimate of drug-likeness (QED) is 0.306. The number of nitrogens with zero attached hydrogens (tertiary/aromatic N) is 2. The third kappa shape index (κ3) is 6.95. The van der Waals surface area contributed by atoms with Crippen LogP contribution in [0.15, 0.2) is 52.1 Å². The number of hydrogen-bond acceptors (Lipinski definition) is 4. The molecule has 8 heteroatoms. The molecule has 1 aliphatic heterocycles. The Morgan fingerprint density at radius 2 is 1.83 bits per heavy atom. The molecule has 0 radical (unpaired) electrons. The molecule has 2 heterocycles. The van der Waals surface area contributed by atoms with Gasteiger partial charge in [-0.25, -0.2) is 4.39 Å². The molecule has 6 nitrogen and oxygen atoms in total. The lowest BCUT2D eigenvalue weighted by Gasteiger charge is -2.33. The third-order valence-electron chi connectivity index (χ3n) is 5.37. The van der Waals surface area contributed by atoms with Crippen LogP contribution in [0.4, 0.5) is 4.39 Å². The van der Waals surface area contributed by atoms with Crippen LogP contribution >= 0.6 is 24.0 Å². The van der Waals surface area contributed by atoms with Crippen LogP contribution in [0.2, 0.25) is 0 Å². The van der Waals surface area contributed by atoms with Crippen LogP contribution < -0.4 is 10.6 Å². The number of piperidine rings is 1. The first-order valence-corrected chi connectivity index (χ1v) is 10.2. The fourth-order valence-electron chi connectivity index (χ4n) is 3.74. The maximum absolute atomic E-state index is 13.2. The topological polar surface area (TPSA) is 62.0 Å². The molecular weight excluding hydrogens is 498 g/mol. The zero-order valence-corrected chi connectivity index (χ0v) is 20.0. The molecule has 2 atom stereocenters. The van der Waals surface area contributed by atoms with Gasteiger partial charge in [0.05, 0.1) is 18.4 Å². The highest BCUT2D eigenvalue weighted by atomic mass is 127. The molecule has 0 bridgehead atoms. The van der Waals surface area contributed by atoms with Crippen molar-refractivity contribution in [2.24, 2.45) is 4.99 Å². The lowest BCUT2D eigenvalue weighted by atomic mass is 10.1. The van der Waals surface area contributed by atoms with Gasteiger partial charge in [0.25, 0.3) is 0 Å². The SMILES string of the molecule is CN=C(NCC(OC)c1ccc(F)cc1)NCC(c1ccco1)N1CCCCC1.I. The number of halogens is 2. The smallest absolute Gasteiger partial charge is 0.191 e. The maximum atomic E-state index is 13.2. The molecule has 166 valence electrons. The zero-order valence-electron chi connectivity index (χ0n) is 17.6. The minimum absolute atomic E-state index is 0. The molecule has 2 N–H and O–H groups in total. The molecule has 2 aromatic rings. The molecule has 0 spiro atoms.